The first kappa shape index (κ1) is 11.5. The molecule has 0 aliphatic heterocycles. The van der Waals surface area contributed by atoms with Crippen molar-refractivity contribution in [2.75, 3.05) is 19.0 Å². The lowest BCUT2D eigenvalue weighted by atomic mass is 10.4. The van der Waals surface area contributed by atoms with Crippen LogP contribution in [-0.2, 0) is 4.79 Å². The maximum atomic E-state index is 10.2. The van der Waals surface area contributed by atoms with Gasteiger partial charge >= 0.3 is 5.97 Å². The number of nitrogens with zero attached hydrogens (tertiary/aromatic N) is 2. The fraction of sp³-hybridized carbons (Fsp3) is 0.200. The highest BCUT2D eigenvalue weighted by Crippen LogP contribution is 2.21. The Bertz CT molecular complexity index is 394. The molecular weight excluding hydrogens is 212 g/mol. The van der Waals surface area contributed by atoms with E-state index >= 15 is 0 Å². The SMILES string of the molecule is CN(C)c1cnc(C=CC=CC(=O)O)s1. The normalized spacial score (nSPS) is 11.3. The Balaban J connectivity index is 2.61. The number of hydrogen-bond donors (Lipinski definition) is 1. The fourth-order valence-corrected chi connectivity index (χ4v) is 1.59. The molecule has 0 aliphatic carbocycles. The first-order valence-corrected chi connectivity index (χ1v) is 5.12. The van der Waals surface area contributed by atoms with Gasteiger partial charge in [0, 0.05) is 20.2 Å². The molecule has 1 heterocycles. The molecule has 0 saturated carbocycles. The Kier molecular flexibility index (Phi) is 4.05. The van der Waals surface area contributed by atoms with Crippen molar-refractivity contribution in [3.8, 4) is 0 Å². The van der Waals surface area contributed by atoms with E-state index in [1.54, 1.807) is 29.7 Å². The molecule has 1 rings (SSSR count). The van der Waals surface area contributed by atoms with Crippen molar-refractivity contribution in [3.63, 3.8) is 0 Å². The van der Waals surface area contributed by atoms with Gasteiger partial charge in [0.15, 0.2) is 0 Å². The van der Waals surface area contributed by atoms with Gasteiger partial charge in [0.05, 0.1) is 6.20 Å². The zero-order valence-electron chi connectivity index (χ0n) is 8.54. The molecule has 0 atom stereocenters. The van der Waals surface area contributed by atoms with E-state index in [1.165, 1.54) is 6.08 Å². The molecule has 1 aromatic rings. The third-order valence-corrected chi connectivity index (χ3v) is 2.67. The highest BCUT2D eigenvalue weighted by Gasteiger charge is 1.99. The second-order valence-corrected chi connectivity index (χ2v) is 4.03. The first-order chi connectivity index (χ1) is 7.09. The van der Waals surface area contributed by atoms with Crippen LogP contribution < -0.4 is 4.90 Å². The van der Waals surface area contributed by atoms with Crippen molar-refractivity contribution >= 4 is 28.4 Å². The summed E-state index contributed by atoms with van der Waals surface area (Å²) < 4.78 is 0. The van der Waals surface area contributed by atoms with Crippen molar-refractivity contribution in [2.45, 2.75) is 0 Å². The molecule has 0 amide bonds. The zero-order valence-corrected chi connectivity index (χ0v) is 9.36. The summed E-state index contributed by atoms with van der Waals surface area (Å²) in [6.45, 7) is 0. The predicted octanol–water partition coefficient (Wildman–Crippen LogP) is 1.86. The number of aliphatic carboxylic acids is 1. The average Bonchev–Trinajstić information content (AvgIpc) is 2.60. The molecule has 5 heteroatoms. The highest BCUT2D eigenvalue weighted by atomic mass is 32.1. The monoisotopic (exact) mass is 224 g/mol. The molecule has 1 aromatic heterocycles. The van der Waals surface area contributed by atoms with Crippen molar-refractivity contribution < 1.29 is 9.90 Å². The van der Waals surface area contributed by atoms with E-state index in [0.29, 0.717) is 0 Å². The van der Waals surface area contributed by atoms with E-state index < -0.39 is 5.97 Å². The third kappa shape index (κ3) is 3.95. The molecule has 0 aliphatic rings. The second-order valence-electron chi connectivity index (χ2n) is 2.99. The summed E-state index contributed by atoms with van der Waals surface area (Å²) in [5, 5.41) is 10.3. The van der Waals surface area contributed by atoms with Gasteiger partial charge in [0.2, 0.25) is 0 Å². The van der Waals surface area contributed by atoms with Crippen molar-refractivity contribution in [1.29, 1.82) is 0 Å². The molecule has 80 valence electrons. The van der Waals surface area contributed by atoms with Crippen molar-refractivity contribution in [2.24, 2.45) is 0 Å². The number of carbonyl (C=O) groups is 1. The predicted molar refractivity (Wildman–Crippen MR) is 62.3 cm³/mol. The average molecular weight is 224 g/mol. The molecule has 0 fully saturated rings. The zero-order chi connectivity index (χ0) is 11.3. The van der Waals surface area contributed by atoms with Crippen LogP contribution >= 0.6 is 11.3 Å². The quantitative estimate of drug-likeness (QED) is 0.626. The number of carboxylic acid groups (broad SMARTS) is 1. The number of carboxylic acids is 1. The number of thiazole rings is 1. The Morgan fingerprint density at radius 1 is 1.53 bits per heavy atom. The van der Waals surface area contributed by atoms with Crippen LogP contribution in [0.1, 0.15) is 5.01 Å². The summed E-state index contributed by atoms with van der Waals surface area (Å²) in [5.74, 6) is -0.951. The van der Waals surface area contributed by atoms with E-state index in [1.807, 2.05) is 19.0 Å². The summed E-state index contributed by atoms with van der Waals surface area (Å²) in [5.41, 5.74) is 0. The van der Waals surface area contributed by atoms with Gasteiger partial charge in [-0.1, -0.05) is 23.5 Å². The Labute approximate surface area is 92.2 Å². The minimum absolute atomic E-state index is 0.855. The van der Waals surface area contributed by atoms with E-state index in [4.69, 9.17) is 5.11 Å². The van der Waals surface area contributed by atoms with Crippen LogP contribution in [0, 0.1) is 0 Å². The molecule has 0 aromatic carbocycles. The van der Waals surface area contributed by atoms with Gasteiger partial charge in [-0.2, -0.15) is 0 Å². The van der Waals surface area contributed by atoms with E-state index in [0.717, 1.165) is 16.1 Å². The summed E-state index contributed by atoms with van der Waals surface area (Å²) in [4.78, 5) is 16.3. The number of hydrogen-bond acceptors (Lipinski definition) is 4. The third-order valence-electron chi connectivity index (χ3n) is 1.54. The Morgan fingerprint density at radius 3 is 2.80 bits per heavy atom. The maximum absolute atomic E-state index is 10.2. The van der Waals surface area contributed by atoms with Gasteiger partial charge in [-0.25, -0.2) is 9.78 Å². The lowest BCUT2D eigenvalue weighted by Crippen LogP contribution is -2.05. The van der Waals surface area contributed by atoms with Gasteiger partial charge in [-0.05, 0) is 6.08 Å². The summed E-state index contributed by atoms with van der Waals surface area (Å²) >= 11 is 1.55. The fourth-order valence-electron chi connectivity index (χ4n) is 0.838. The topological polar surface area (TPSA) is 53.4 Å². The van der Waals surface area contributed by atoms with Gasteiger partial charge in [-0.15, -0.1) is 0 Å². The largest absolute Gasteiger partial charge is 0.478 e. The summed E-state index contributed by atoms with van der Waals surface area (Å²) in [7, 11) is 3.90. The van der Waals surface area contributed by atoms with Crippen molar-refractivity contribution in [1.82, 2.24) is 4.98 Å². The van der Waals surface area contributed by atoms with Gasteiger partial charge in [-0.3, -0.25) is 0 Å². The smallest absolute Gasteiger partial charge is 0.328 e. The second kappa shape index (κ2) is 5.31. The van der Waals surface area contributed by atoms with E-state index in [2.05, 4.69) is 4.98 Å². The van der Waals surface area contributed by atoms with Crippen molar-refractivity contribution in [3.05, 3.63) is 29.4 Å². The van der Waals surface area contributed by atoms with E-state index in [9.17, 15) is 4.79 Å². The highest BCUT2D eigenvalue weighted by molar-refractivity contribution is 7.16. The van der Waals surface area contributed by atoms with Crippen LogP contribution in [0.25, 0.3) is 6.08 Å². The lowest BCUT2D eigenvalue weighted by molar-refractivity contribution is -0.131. The summed E-state index contributed by atoms with van der Waals surface area (Å²) in [6.07, 6.45) is 7.77. The number of rotatable bonds is 4. The first-order valence-electron chi connectivity index (χ1n) is 4.30. The number of aromatic nitrogens is 1. The van der Waals surface area contributed by atoms with Gasteiger partial charge in [0.1, 0.15) is 10.0 Å². The standard InChI is InChI=1S/C10H12N2O2S/c1-12(2)9-7-11-8(15-9)5-3-4-6-10(13)14/h3-7H,1-2H3,(H,13,14). The molecule has 0 unspecified atom stereocenters. The van der Waals surface area contributed by atoms with Crippen LogP contribution in [0.3, 0.4) is 0 Å². The molecule has 0 spiro atoms. The molecule has 4 nitrogen and oxygen atoms in total. The maximum Gasteiger partial charge on any atom is 0.328 e. The Hall–Kier alpha value is -1.62. The molecular formula is C10H12N2O2S. The molecule has 0 radical (unpaired) electrons. The lowest BCUT2D eigenvalue weighted by Gasteiger charge is -2.05. The van der Waals surface area contributed by atoms with E-state index in [-0.39, 0.29) is 0 Å². The van der Waals surface area contributed by atoms with Crippen LogP contribution in [-0.4, -0.2) is 30.2 Å². The number of allylic oxidation sites excluding steroid dienone is 2. The van der Waals surface area contributed by atoms with Gasteiger partial charge < -0.3 is 10.0 Å². The molecule has 0 saturated heterocycles. The van der Waals surface area contributed by atoms with Gasteiger partial charge in [0.25, 0.3) is 0 Å². The molecule has 1 N–H and O–H groups in total. The minimum Gasteiger partial charge on any atom is -0.478 e. The summed E-state index contributed by atoms with van der Waals surface area (Å²) in [6, 6.07) is 0. The molecule has 0 bridgehead atoms. The molecule has 15 heavy (non-hydrogen) atoms. The van der Waals surface area contributed by atoms with Crippen LogP contribution in [0.2, 0.25) is 0 Å². The van der Waals surface area contributed by atoms with Crippen LogP contribution in [0.15, 0.2) is 24.4 Å². The Morgan fingerprint density at radius 2 is 2.27 bits per heavy atom. The van der Waals surface area contributed by atoms with Crippen LogP contribution in [0.5, 0.6) is 0 Å². The van der Waals surface area contributed by atoms with Crippen LogP contribution in [0.4, 0.5) is 5.00 Å². The minimum atomic E-state index is -0.951. The number of anilines is 1.